The summed E-state index contributed by atoms with van der Waals surface area (Å²) < 4.78 is 13.4. The zero-order valence-corrected chi connectivity index (χ0v) is 8.64. The van der Waals surface area contributed by atoms with Gasteiger partial charge in [0.1, 0.15) is 6.17 Å². The van der Waals surface area contributed by atoms with Gasteiger partial charge in [0.15, 0.2) is 0 Å². The SMILES string of the molecule is CCC1CCC(C(F)CCN)CC1. The van der Waals surface area contributed by atoms with Crippen molar-refractivity contribution in [3.63, 3.8) is 0 Å². The Morgan fingerprint density at radius 2 is 1.92 bits per heavy atom. The second-order valence-electron chi connectivity index (χ2n) is 4.28. The first kappa shape index (κ1) is 11.0. The first-order valence-electron chi connectivity index (χ1n) is 5.62. The molecule has 1 saturated carbocycles. The van der Waals surface area contributed by atoms with E-state index >= 15 is 0 Å². The maximum absolute atomic E-state index is 13.4. The summed E-state index contributed by atoms with van der Waals surface area (Å²) in [7, 11) is 0. The lowest BCUT2D eigenvalue weighted by Gasteiger charge is -2.29. The molecule has 1 nitrogen and oxygen atoms in total. The number of nitrogens with two attached hydrogens (primary N) is 1. The number of hydrogen-bond acceptors (Lipinski definition) is 1. The van der Waals surface area contributed by atoms with Gasteiger partial charge in [-0.2, -0.15) is 0 Å². The van der Waals surface area contributed by atoms with Gasteiger partial charge in [0.2, 0.25) is 0 Å². The second kappa shape index (κ2) is 5.58. The van der Waals surface area contributed by atoms with E-state index in [0.29, 0.717) is 18.9 Å². The Morgan fingerprint density at radius 1 is 1.31 bits per heavy atom. The number of alkyl halides is 1. The van der Waals surface area contributed by atoms with Gasteiger partial charge in [0.25, 0.3) is 0 Å². The predicted molar refractivity (Wildman–Crippen MR) is 54.3 cm³/mol. The highest BCUT2D eigenvalue weighted by atomic mass is 19.1. The molecule has 0 saturated heterocycles. The summed E-state index contributed by atoms with van der Waals surface area (Å²) in [6.07, 6.45) is 5.81. The molecule has 0 heterocycles. The van der Waals surface area contributed by atoms with Crippen molar-refractivity contribution >= 4 is 0 Å². The molecule has 0 spiro atoms. The minimum absolute atomic E-state index is 0.311. The van der Waals surface area contributed by atoms with E-state index in [1.54, 1.807) is 0 Å². The highest BCUT2D eigenvalue weighted by Gasteiger charge is 2.26. The fraction of sp³-hybridized carbons (Fsp3) is 1.00. The second-order valence-corrected chi connectivity index (χ2v) is 4.28. The molecule has 0 bridgehead atoms. The van der Waals surface area contributed by atoms with Crippen molar-refractivity contribution in [1.82, 2.24) is 0 Å². The molecule has 0 aliphatic heterocycles. The molecule has 1 atom stereocenters. The van der Waals surface area contributed by atoms with Gasteiger partial charge in [-0.05, 0) is 37.6 Å². The van der Waals surface area contributed by atoms with Crippen molar-refractivity contribution in [2.45, 2.75) is 51.6 Å². The lowest BCUT2D eigenvalue weighted by atomic mass is 9.78. The summed E-state index contributed by atoms with van der Waals surface area (Å²) in [5, 5.41) is 0. The summed E-state index contributed by atoms with van der Waals surface area (Å²) in [6, 6.07) is 0. The third-order valence-corrected chi connectivity index (χ3v) is 3.42. The van der Waals surface area contributed by atoms with Crippen molar-refractivity contribution in [2.75, 3.05) is 6.54 Å². The van der Waals surface area contributed by atoms with Crippen LogP contribution in [-0.2, 0) is 0 Å². The molecule has 1 unspecified atom stereocenters. The molecule has 1 fully saturated rings. The van der Waals surface area contributed by atoms with E-state index in [-0.39, 0.29) is 0 Å². The Bertz CT molecular complexity index is 130. The molecule has 1 aliphatic rings. The van der Waals surface area contributed by atoms with Gasteiger partial charge in [-0.1, -0.05) is 26.2 Å². The third-order valence-electron chi connectivity index (χ3n) is 3.42. The van der Waals surface area contributed by atoms with E-state index < -0.39 is 6.17 Å². The molecular weight excluding hydrogens is 165 g/mol. The zero-order chi connectivity index (χ0) is 9.68. The van der Waals surface area contributed by atoms with Crippen molar-refractivity contribution < 1.29 is 4.39 Å². The smallest absolute Gasteiger partial charge is 0.104 e. The van der Waals surface area contributed by atoms with Crippen LogP contribution in [0.4, 0.5) is 4.39 Å². The average Bonchev–Trinajstić information content (AvgIpc) is 2.18. The molecule has 0 aromatic rings. The highest BCUT2D eigenvalue weighted by molar-refractivity contribution is 4.77. The Kier molecular flexibility index (Phi) is 4.71. The maximum atomic E-state index is 13.4. The van der Waals surface area contributed by atoms with E-state index in [9.17, 15) is 4.39 Å². The topological polar surface area (TPSA) is 26.0 Å². The molecule has 0 radical (unpaired) electrons. The molecule has 2 heteroatoms. The Labute approximate surface area is 80.9 Å². The summed E-state index contributed by atoms with van der Waals surface area (Å²) in [5.41, 5.74) is 5.35. The Balaban J connectivity index is 2.23. The van der Waals surface area contributed by atoms with E-state index in [1.807, 2.05) is 0 Å². The van der Waals surface area contributed by atoms with Gasteiger partial charge in [-0.15, -0.1) is 0 Å². The standard InChI is InChI=1S/C11H22FN/c1-2-9-3-5-10(6-4-9)11(12)7-8-13/h9-11H,2-8,13H2,1H3. The number of halogens is 1. The van der Waals surface area contributed by atoms with Crippen LogP contribution >= 0.6 is 0 Å². The minimum Gasteiger partial charge on any atom is -0.330 e. The van der Waals surface area contributed by atoms with Crippen molar-refractivity contribution in [1.29, 1.82) is 0 Å². The fourth-order valence-corrected chi connectivity index (χ4v) is 2.35. The highest BCUT2D eigenvalue weighted by Crippen LogP contribution is 2.34. The lowest BCUT2D eigenvalue weighted by molar-refractivity contribution is 0.148. The van der Waals surface area contributed by atoms with Gasteiger partial charge in [0, 0.05) is 0 Å². The van der Waals surface area contributed by atoms with Crippen LogP contribution in [-0.4, -0.2) is 12.7 Å². The van der Waals surface area contributed by atoms with Crippen LogP contribution in [0.3, 0.4) is 0 Å². The van der Waals surface area contributed by atoms with Crippen LogP contribution in [0.2, 0.25) is 0 Å². The lowest BCUT2D eigenvalue weighted by Crippen LogP contribution is -2.24. The summed E-state index contributed by atoms with van der Waals surface area (Å²) in [6.45, 7) is 2.73. The molecule has 1 aliphatic carbocycles. The van der Waals surface area contributed by atoms with Crippen LogP contribution in [0.1, 0.15) is 45.4 Å². The normalized spacial score (nSPS) is 31.6. The van der Waals surface area contributed by atoms with Crippen LogP contribution < -0.4 is 5.73 Å². The van der Waals surface area contributed by atoms with E-state index in [0.717, 1.165) is 18.8 Å². The Hall–Kier alpha value is -0.110. The van der Waals surface area contributed by atoms with E-state index in [1.165, 1.54) is 19.3 Å². The molecule has 0 amide bonds. The molecule has 13 heavy (non-hydrogen) atoms. The van der Waals surface area contributed by atoms with E-state index in [4.69, 9.17) is 5.73 Å². The average molecular weight is 187 g/mol. The number of rotatable bonds is 4. The molecule has 78 valence electrons. The van der Waals surface area contributed by atoms with Crippen molar-refractivity contribution in [2.24, 2.45) is 17.6 Å². The molecule has 2 N–H and O–H groups in total. The zero-order valence-electron chi connectivity index (χ0n) is 8.64. The van der Waals surface area contributed by atoms with Crippen LogP contribution in [0, 0.1) is 11.8 Å². The van der Waals surface area contributed by atoms with Crippen LogP contribution in [0.15, 0.2) is 0 Å². The first-order valence-corrected chi connectivity index (χ1v) is 5.62. The number of hydrogen-bond donors (Lipinski definition) is 1. The molecule has 1 rings (SSSR count). The van der Waals surface area contributed by atoms with Gasteiger partial charge < -0.3 is 5.73 Å². The van der Waals surface area contributed by atoms with Crippen molar-refractivity contribution in [3.05, 3.63) is 0 Å². The summed E-state index contributed by atoms with van der Waals surface area (Å²) >= 11 is 0. The summed E-state index contributed by atoms with van der Waals surface area (Å²) in [4.78, 5) is 0. The van der Waals surface area contributed by atoms with Gasteiger partial charge in [0.05, 0.1) is 0 Å². The fourth-order valence-electron chi connectivity index (χ4n) is 2.35. The minimum atomic E-state index is -0.636. The molecular formula is C11H22FN. The Morgan fingerprint density at radius 3 is 2.38 bits per heavy atom. The largest absolute Gasteiger partial charge is 0.330 e. The van der Waals surface area contributed by atoms with Crippen molar-refractivity contribution in [3.8, 4) is 0 Å². The molecule has 0 aromatic carbocycles. The third kappa shape index (κ3) is 3.26. The van der Waals surface area contributed by atoms with Gasteiger partial charge in [-0.3, -0.25) is 0 Å². The monoisotopic (exact) mass is 187 g/mol. The van der Waals surface area contributed by atoms with Gasteiger partial charge in [-0.25, -0.2) is 4.39 Å². The van der Waals surface area contributed by atoms with E-state index in [2.05, 4.69) is 6.92 Å². The quantitative estimate of drug-likeness (QED) is 0.719. The first-order chi connectivity index (χ1) is 6.27. The maximum Gasteiger partial charge on any atom is 0.104 e. The molecule has 0 aromatic heterocycles. The van der Waals surface area contributed by atoms with Crippen LogP contribution in [0.5, 0.6) is 0 Å². The van der Waals surface area contributed by atoms with Gasteiger partial charge >= 0.3 is 0 Å². The van der Waals surface area contributed by atoms with Crippen LogP contribution in [0.25, 0.3) is 0 Å². The predicted octanol–water partition coefficient (Wildman–Crippen LogP) is 2.89. The summed E-state index contributed by atoms with van der Waals surface area (Å²) in [5.74, 6) is 1.17.